The summed E-state index contributed by atoms with van der Waals surface area (Å²) in [5, 5.41) is 0. The van der Waals surface area contributed by atoms with E-state index in [-0.39, 0.29) is 12.0 Å². The van der Waals surface area contributed by atoms with E-state index < -0.39 is 0 Å². The zero-order valence-electron chi connectivity index (χ0n) is 11.8. The molecule has 17 heavy (non-hydrogen) atoms. The van der Waals surface area contributed by atoms with Crippen molar-refractivity contribution in [2.24, 2.45) is 17.8 Å². The average molecular weight is 237 g/mol. The van der Waals surface area contributed by atoms with Gasteiger partial charge in [-0.25, -0.2) is 0 Å². The van der Waals surface area contributed by atoms with Crippen LogP contribution in [0.4, 0.5) is 0 Å². The molecule has 98 valence electrons. The number of Topliss-reactive ketones (excluding diaryl/α,β-unsaturated/α-hetero) is 1. The maximum absolute atomic E-state index is 12.4. The summed E-state index contributed by atoms with van der Waals surface area (Å²) in [5.74, 6) is 2.34. The van der Waals surface area contributed by atoms with Gasteiger partial charge in [0.05, 0.1) is 6.04 Å². The summed E-state index contributed by atoms with van der Waals surface area (Å²) in [6.45, 7) is 9.71. The highest BCUT2D eigenvalue weighted by atomic mass is 16.1. The first-order valence-electron chi connectivity index (χ1n) is 7.30. The van der Waals surface area contributed by atoms with E-state index in [1.165, 1.54) is 19.3 Å². The summed E-state index contributed by atoms with van der Waals surface area (Å²) in [7, 11) is 0. The lowest BCUT2D eigenvalue weighted by atomic mass is 9.80. The fourth-order valence-electron chi connectivity index (χ4n) is 3.72. The van der Waals surface area contributed by atoms with Crippen molar-refractivity contribution in [3.05, 3.63) is 0 Å². The Bertz CT molecular complexity index is 285. The molecule has 0 aromatic heterocycles. The lowest BCUT2D eigenvalue weighted by Gasteiger charge is -2.44. The molecule has 2 aliphatic rings. The van der Waals surface area contributed by atoms with E-state index in [1.54, 1.807) is 0 Å². The number of nitrogens with zero attached hydrogens (tertiary/aromatic N) is 1. The Labute approximate surface area is 106 Å². The SMILES string of the molecule is CC(C)C(=O)C1CC2CCCC2CN1C(C)C. The Morgan fingerprint density at radius 1 is 1.12 bits per heavy atom. The topological polar surface area (TPSA) is 20.3 Å². The molecule has 1 saturated carbocycles. The minimum Gasteiger partial charge on any atom is -0.298 e. The lowest BCUT2D eigenvalue weighted by molar-refractivity contribution is -0.131. The molecule has 0 aromatic carbocycles. The van der Waals surface area contributed by atoms with Crippen LogP contribution in [0.15, 0.2) is 0 Å². The van der Waals surface area contributed by atoms with E-state index in [4.69, 9.17) is 0 Å². The highest BCUT2D eigenvalue weighted by molar-refractivity contribution is 5.85. The first kappa shape index (κ1) is 13.1. The van der Waals surface area contributed by atoms with Crippen molar-refractivity contribution in [3.8, 4) is 0 Å². The number of rotatable bonds is 3. The van der Waals surface area contributed by atoms with E-state index in [1.807, 2.05) is 13.8 Å². The number of fused-ring (bicyclic) bond motifs is 1. The number of carbonyl (C=O) groups is 1. The summed E-state index contributed by atoms with van der Waals surface area (Å²) >= 11 is 0. The molecule has 3 atom stereocenters. The second kappa shape index (κ2) is 5.09. The summed E-state index contributed by atoms with van der Waals surface area (Å²) in [6, 6.07) is 0.707. The fourth-order valence-corrected chi connectivity index (χ4v) is 3.72. The van der Waals surface area contributed by atoms with Crippen molar-refractivity contribution < 1.29 is 4.79 Å². The number of ketones is 1. The van der Waals surface area contributed by atoms with Crippen LogP contribution in [0.2, 0.25) is 0 Å². The standard InChI is InChI=1S/C15H27NO/c1-10(2)15(17)14-8-12-6-5-7-13(12)9-16(14)11(3)4/h10-14H,5-9H2,1-4H3. The largest absolute Gasteiger partial charge is 0.298 e. The van der Waals surface area contributed by atoms with Gasteiger partial charge in [-0.1, -0.05) is 26.7 Å². The molecule has 1 saturated heterocycles. The number of hydrogen-bond donors (Lipinski definition) is 0. The van der Waals surface area contributed by atoms with Crippen LogP contribution in [0.25, 0.3) is 0 Å². The monoisotopic (exact) mass is 237 g/mol. The van der Waals surface area contributed by atoms with Gasteiger partial charge < -0.3 is 0 Å². The van der Waals surface area contributed by atoms with Gasteiger partial charge in [-0.2, -0.15) is 0 Å². The first-order chi connectivity index (χ1) is 8.00. The second-order valence-corrected chi connectivity index (χ2v) is 6.55. The first-order valence-corrected chi connectivity index (χ1v) is 7.30. The van der Waals surface area contributed by atoms with Crippen LogP contribution in [-0.2, 0) is 4.79 Å². The summed E-state index contributed by atoms with van der Waals surface area (Å²) in [5.41, 5.74) is 0. The molecule has 2 fully saturated rings. The van der Waals surface area contributed by atoms with Crippen molar-refractivity contribution >= 4 is 5.78 Å². The van der Waals surface area contributed by atoms with Crippen LogP contribution in [0, 0.1) is 17.8 Å². The number of piperidine rings is 1. The van der Waals surface area contributed by atoms with Gasteiger partial charge in [0.15, 0.2) is 5.78 Å². The Balaban J connectivity index is 2.13. The molecule has 0 bridgehead atoms. The van der Waals surface area contributed by atoms with Crippen molar-refractivity contribution in [1.29, 1.82) is 0 Å². The van der Waals surface area contributed by atoms with Crippen molar-refractivity contribution in [3.63, 3.8) is 0 Å². The van der Waals surface area contributed by atoms with E-state index in [9.17, 15) is 4.79 Å². The van der Waals surface area contributed by atoms with Gasteiger partial charge >= 0.3 is 0 Å². The zero-order chi connectivity index (χ0) is 12.6. The highest BCUT2D eigenvalue weighted by Gasteiger charge is 2.41. The fraction of sp³-hybridized carbons (Fsp3) is 0.933. The Hall–Kier alpha value is -0.370. The minimum atomic E-state index is 0.180. The Morgan fingerprint density at radius 2 is 1.76 bits per heavy atom. The zero-order valence-corrected chi connectivity index (χ0v) is 11.8. The maximum atomic E-state index is 12.4. The van der Waals surface area contributed by atoms with Gasteiger partial charge in [0, 0.05) is 18.5 Å². The third-order valence-corrected chi connectivity index (χ3v) is 4.75. The van der Waals surface area contributed by atoms with Crippen LogP contribution >= 0.6 is 0 Å². The minimum absolute atomic E-state index is 0.180. The van der Waals surface area contributed by atoms with Gasteiger partial charge in [-0.3, -0.25) is 9.69 Å². The van der Waals surface area contributed by atoms with Gasteiger partial charge in [-0.15, -0.1) is 0 Å². The van der Waals surface area contributed by atoms with Crippen molar-refractivity contribution in [2.45, 2.75) is 65.5 Å². The molecule has 1 aliphatic carbocycles. The third-order valence-electron chi connectivity index (χ3n) is 4.75. The predicted octanol–water partition coefficient (Wildman–Crippen LogP) is 3.11. The molecule has 0 spiro atoms. The van der Waals surface area contributed by atoms with Crippen LogP contribution in [0.3, 0.4) is 0 Å². The van der Waals surface area contributed by atoms with Gasteiger partial charge in [0.1, 0.15) is 0 Å². The molecule has 1 heterocycles. The number of likely N-dealkylation sites (tertiary alicyclic amines) is 1. The second-order valence-electron chi connectivity index (χ2n) is 6.55. The van der Waals surface area contributed by atoms with Crippen LogP contribution in [0.1, 0.15) is 53.4 Å². The molecular weight excluding hydrogens is 210 g/mol. The van der Waals surface area contributed by atoms with Gasteiger partial charge in [0.25, 0.3) is 0 Å². The molecule has 2 rings (SSSR count). The molecule has 1 aliphatic heterocycles. The quantitative estimate of drug-likeness (QED) is 0.751. The van der Waals surface area contributed by atoms with E-state index >= 15 is 0 Å². The predicted molar refractivity (Wildman–Crippen MR) is 70.9 cm³/mol. The molecule has 0 radical (unpaired) electrons. The molecular formula is C15H27NO. The van der Waals surface area contributed by atoms with E-state index in [0.717, 1.165) is 24.8 Å². The highest BCUT2D eigenvalue weighted by Crippen LogP contribution is 2.41. The summed E-state index contributed by atoms with van der Waals surface area (Å²) in [4.78, 5) is 14.8. The molecule has 0 aromatic rings. The molecule has 2 heteroatoms. The van der Waals surface area contributed by atoms with E-state index in [2.05, 4.69) is 18.7 Å². The van der Waals surface area contributed by atoms with Crippen LogP contribution < -0.4 is 0 Å². The van der Waals surface area contributed by atoms with Crippen LogP contribution in [-0.4, -0.2) is 29.3 Å². The van der Waals surface area contributed by atoms with Gasteiger partial charge in [0.2, 0.25) is 0 Å². The molecule has 2 nitrogen and oxygen atoms in total. The molecule has 0 amide bonds. The van der Waals surface area contributed by atoms with Crippen LogP contribution in [0.5, 0.6) is 0 Å². The van der Waals surface area contributed by atoms with Crippen molar-refractivity contribution in [2.75, 3.05) is 6.54 Å². The number of hydrogen-bond acceptors (Lipinski definition) is 2. The Morgan fingerprint density at radius 3 is 2.35 bits per heavy atom. The molecule has 3 unspecified atom stereocenters. The maximum Gasteiger partial charge on any atom is 0.152 e. The average Bonchev–Trinajstić information content (AvgIpc) is 2.72. The van der Waals surface area contributed by atoms with Gasteiger partial charge in [-0.05, 0) is 38.5 Å². The van der Waals surface area contributed by atoms with Crippen molar-refractivity contribution in [1.82, 2.24) is 4.90 Å². The normalized spacial score (nSPS) is 34.4. The number of carbonyl (C=O) groups excluding carboxylic acids is 1. The summed E-state index contributed by atoms with van der Waals surface area (Å²) < 4.78 is 0. The summed E-state index contributed by atoms with van der Waals surface area (Å²) in [6.07, 6.45) is 5.25. The van der Waals surface area contributed by atoms with E-state index in [0.29, 0.717) is 11.8 Å². The smallest absolute Gasteiger partial charge is 0.152 e. The lowest BCUT2D eigenvalue weighted by Crippen LogP contribution is -2.53. The Kier molecular flexibility index (Phi) is 3.92. The third kappa shape index (κ3) is 2.57. The molecule has 0 N–H and O–H groups in total.